The third-order valence-corrected chi connectivity index (χ3v) is 7.76. The molecule has 1 N–H and O–H groups in total. The molecule has 0 aliphatic carbocycles. The molecule has 4 aromatic carbocycles. The normalized spacial score (nSPS) is 15.9. The van der Waals surface area contributed by atoms with Crippen molar-refractivity contribution in [2.75, 3.05) is 0 Å². The van der Waals surface area contributed by atoms with Crippen LogP contribution in [0.3, 0.4) is 0 Å². The van der Waals surface area contributed by atoms with Crippen molar-refractivity contribution in [1.29, 1.82) is 0 Å². The van der Waals surface area contributed by atoms with Gasteiger partial charge in [0, 0.05) is 34.2 Å². The summed E-state index contributed by atoms with van der Waals surface area (Å²) >= 11 is 7.58. The number of benzene rings is 4. The lowest BCUT2D eigenvalue weighted by atomic mass is 10.0. The molecule has 36 heavy (non-hydrogen) atoms. The molecule has 0 bridgehead atoms. The van der Waals surface area contributed by atoms with E-state index in [1.807, 2.05) is 43.3 Å². The number of thioether (sulfide) groups is 1. The Morgan fingerprint density at radius 2 is 1.69 bits per heavy atom. The first kappa shape index (κ1) is 22.7. The highest BCUT2D eigenvalue weighted by Gasteiger charge is 2.25. The number of amidine groups is 1. The van der Waals surface area contributed by atoms with E-state index < -0.39 is 0 Å². The first-order chi connectivity index (χ1) is 17.6. The van der Waals surface area contributed by atoms with Crippen molar-refractivity contribution < 1.29 is 4.79 Å². The van der Waals surface area contributed by atoms with Gasteiger partial charge in [0.1, 0.15) is 0 Å². The summed E-state index contributed by atoms with van der Waals surface area (Å²) in [6, 6.07) is 28.8. The molecular weight excluding hydrogens is 486 g/mol. The number of carbonyl (C=O) groups excluding carboxylic acids is 1. The highest BCUT2D eigenvalue weighted by Crippen LogP contribution is 2.33. The second-order valence-electron chi connectivity index (χ2n) is 8.73. The summed E-state index contributed by atoms with van der Waals surface area (Å²) in [6.07, 6.45) is 4.08. The van der Waals surface area contributed by atoms with E-state index in [4.69, 9.17) is 11.6 Å². The first-order valence-corrected chi connectivity index (χ1v) is 12.9. The van der Waals surface area contributed by atoms with Gasteiger partial charge in [-0.1, -0.05) is 78.3 Å². The third-order valence-electron chi connectivity index (χ3n) is 6.44. The Labute approximate surface area is 218 Å². The van der Waals surface area contributed by atoms with Gasteiger partial charge in [0.15, 0.2) is 5.17 Å². The lowest BCUT2D eigenvalue weighted by molar-refractivity contribution is -0.115. The van der Waals surface area contributed by atoms with Gasteiger partial charge in [-0.05, 0) is 64.9 Å². The Bertz CT molecular complexity index is 1710. The number of hydrogen-bond acceptors (Lipinski definition) is 3. The maximum Gasteiger partial charge on any atom is 0.264 e. The molecule has 0 radical (unpaired) electrons. The molecule has 1 aliphatic rings. The molecule has 0 atom stereocenters. The molecule has 1 aromatic heterocycles. The van der Waals surface area contributed by atoms with E-state index in [2.05, 4.69) is 75.7 Å². The van der Waals surface area contributed by atoms with Gasteiger partial charge in [0.05, 0.1) is 10.6 Å². The van der Waals surface area contributed by atoms with Crippen LogP contribution in [0.25, 0.3) is 27.8 Å². The molecular formula is C30H22ClN3OS. The van der Waals surface area contributed by atoms with E-state index in [0.29, 0.717) is 15.1 Å². The largest absolute Gasteiger partial charge is 0.342 e. The van der Waals surface area contributed by atoms with E-state index >= 15 is 0 Å². The smallest absolute Gasteiger partial charge is 0.264 e. The number of fused-ring (bicyclic) bond motifs is 2. The number of nitrogens with one attached hydrogen (secondary N) is 1. The number of aliphatic imine (C=N–C) groups is 1. The van der Waals surface area contributed by atoms with Gasteiger partial charge >= 0.3 is 0 Å². The molecule has 4 nitrogen and oxygen atoms in total. The summed E-state index contributed by atoms with van der Waals surface area (Å²) < 4.78 is 2.26. The van der Waals surface area contributed by atoms with Crippen molar-refractivity contribution in [2.24, 2.45) is 4.99 Å². The summed E-state index contributed by atoms with van der Waals surface area (Å²) in [5.74, 6) is -0.149. The Hall–Kier alpha value is -3.80. The molecule has 6 heteroatoms. The monoisotopic (exact) mass is 507 g/mol. The van der Waals surface area contributed by atoms with Crippen LogP contribution in [0.15, 0.2) is 101 Å². The van der Waals surface area contributed by atoms with Crippen molar-refractivity contribution >= 4 is 67.9 Å². The van der Waals surface area contributed by atoms with Crippen molar-refractivity contribution in [2.45, 2.75) is 13.5 Å². The third kappa shape index (κ3) is 4.21. The predicted molar refractivity (Wildman–Crippen MR) is 152 cm³/mol. The summed E-state index contributed by atoms with van der Waals surface area (Å²) in [6.45, 7) is 2.66. The van der Waals surface area contributed by atoms with Gasteiger partial charge in [-0.15, -0.1) is 0 Å². The van der Waals surface area contributed by atoms with Crippen LogP contribution in [0.5, 0.6) is 0 Å². The highest BCUT2D eigenvalue weighted by atomic mass is 35.5. The van der Waals surface area contributed by atoms with Crippen LogP contribution >= 0.6 is 23.4 Å². The summed E-state index contributed by atoms with van der Waals surface area (Å²) in [5.41, 5.74) is 5.02. The quantitative estimate of drug-likeness (QED) is 0.253. The topological polar surface area (TPSA) is 46.4 Å². The molecule has 5 aromatic rings. The number of rotatable bonds is 4. The molecule has 6 rings (SSSR count). The van der Waals surface area contributed by atoms with Gasteiger partial charge < -0.3 is 9.88 Å². The van der Waals surface area contributed by atoms with E-state index in [-0.39, 0.29) is 5.91 Å². The fourth-order valence-electron chi connectivity index (χ4n) is 4.58. The number of hydrogen-bond donors (Lipinski definition) is 1. The van der Waals surface area contributed by atoms with Gasteiger partial charge in [-0.25, -0.2) is 4.99 Å². The fourth-order valence-corrected chi connectivity index (χ4v) is 5.58. The number of carbonyl (C=O) groups is 1. The lowest BCUT2D eigenvalue weighted by Gasteiger charge is -2.09. The molecule has 1 amide bonds. The number of halogens is 1. The van der Waals surface area contributed by atoms with Crippen LogP contribution in [-0.4, -0.2) is 15.6 Å². The Morgan fingerprint density at radius 1 is 0.944 bits per heavy atom. The molecule has 1 saturated heterocycles. The fraction of sp³-hybridized carbons (Fsp3) is 0.0667. The highest BCUT2D eigenvalue weighted by molar-refractivity contribution is 8.18. The lowest BCUT2D eigenvalue weighted by Crippen LogP contribution is -2.19. The molecule has 176 valence electrons. The van der Waals surface area contributed by atoms with Gasteiger partial charge in [0.25, 0.3) is 5.91 Å². The number of aromatic nitrogens is 1. The minimum atomic E-state index is -0.149. The van der Waals surface area contributed by atoms with Crippen LogP contribution in [0.1, 0.15) is 16.7 Å². The van der Waals surface area contributed by atoms with Crippen molar-refractivity contribution in [3.63, 3.8) is 0 Å². The zero-order valence-corrected chi connectivity index (χ0v) is 21.1. The van der Waals surface area contributed by atoms with Gasteiger partial charge in [-0.2, -0.15) is 0 Å². The zero-order valence-electron chi connectivity index (χ0n) is 19.5. The van der Waals surface area contributed by atoms with Gasteiger partial charge in [0.2, 0.25) is 0 Å². The zero-order chi connectivity index (χ0) is 24.6. The van der Waals surface area contributed by atoms with Crippen LogP contribution in [0, 0.1) is 6.92 Å². The number of nitrogens with zero attached hydrogens (tertiary/aromatic N) is 2. The van der Waals surface area contributed by atoms with Crippen molar-refractivity contribution in [3.8, 4) is 0 Å². The molecule has 0 spiro atoms. The maximum atomic E-state index is 12.8. The maximum absolute atomic E-state index is 12.8. The van der Waals surface area contributed by atoms with E-state index in [1.54, 1.807) is 0 Å². The summed E-state index contributed by atoms with van der Waals surface area (Å²) in [5, 5.41) is 7.68. The second kappa shape index (κ2) is 9.34. The molecule has 1 fully saturated rings. The van der Waals surface area contributed by atoms with Crippen LogP contribution < -0.4 is 5.32 Å². The number of para-hydroxylation sites is 1. The van der Waals surface area contributed by atoms with Crippen molar-refractivity contribution in [3.05, 3.63) is 118 Å². The molecule has 0 saturated carbocycles. The SMILES string of the molecule is Cc1c(Cl)cccc1N=C1NC(=O)/C(=C\c2cn(Cc3cccc4ccccc34)c3ccccc23)S1. The molecule has 0 unspecified atom stereocenters. The minimum absolute atomic E-state index is 0.149. The van der Waals surface area contributed by atoms with Gasteiger partial charge in [-0.3, -0.25) is 4.79 Å². The summed E-state index contributed by atoms with van der Waals surface area (Å²) in [7, 11) is 0. The standard InChI is InChI=1S/C30H22ClN3OS/c1-19-25(31)13-7-14-26(19)32-30-33-29(35)28(36-30)16-22-18-34(27-15-5-4-12-24(22)27)17-21-10-6-9-20-8-2-3-11-23(20)21/h2-16,18H,17H2,1H3,(H,32,33,35)/b28-16+. The molecule has 2 heterocycles. The van der Waals surface area contributed by atoms with E-state index in [1.165, 1.54) is 28.1 Å². The Morgan fingerprint density at radius 3 is 2.58 bits per heavy atom. The van der Waals surface area contributed by atoms with Crippen molar-refractivity contribution in [1.82, 2.24) is 9.88 Å². The summed E-state index contributed by atoms with van der Waals surface area (Å²) in [4.78, 5) is 18.0. The predicted octanol–water partition coefficient (Wildman–Crippen LogP) is 7.70. The average Bonchev–Trinajstić information content (AvgIpc) is 3.42. The van der Waals surface area contributed by atoms with Crippen LogP contribution in [-0.2, 0) is 11.3 Å². The first-order valence-electron chi connectivity index (χ1n) is 11.7. The molecule has 1 aliphatic heterocycles. The Balaban J connectivity index is 1.36. The number of amides is 1. The van der Waals surface area contributed by atoms with E-state index in [0.717, 1.165) is 34.3 Å². The second-order valence-corrected chi connectivity index (χ2v) is 10.2. The minimum Gasteiger partial charge on any atom is -0.342 e. The van der Waals surface area contributed by atoms with Crippen LogP contribution in [0.4, 0.5) is 5.69 Å². The van der Waals surface area contributed by atoms with E-state index in [9.17, 15) is 4.79 Å². The Kier molecular flexibility index (Phi) is 5.88. The average molecular weight is 508 g/mol. The van der Waals surface area contributed by atoms with Crippen LogP contribution in [0.2, 0.25) is 5.02 Å².